The van der Waals surface area contributed by atoms with Crippen LogP contribution >= 0.6 is 0 Å². The third-order valence-electron chi connectivity index (χ3n) is 3.17. The SMILES string of the molecule is Cc1ncc(CN)c(N(C)CCOCC2CC2)n1. The molecule has 1 fully saturated rings. The molecule has 1 aliphatic carbocycles. The van der Waals surface area contributed by atoms with Crippen molar-refractivity contribution >= 4 is 5.82 Å². The standard InChI is InChI=1S/C13H22N4O/c1-10-15-8-12(7-14)13(16-10)17(2)5-6-18-9-11-3-4-11/h8,11H,3-7,9,14H2,1-2H3. The number of rotatable bonds is 7. The van der Waals surface area contributed by atoms with E-state index in [1.165, 1.54) is 12.8 Å². The lowest BCUT2D eigenvalue weighted by Gasteiger charge is -2.20. The first-order valence-electron chi connectivity index (χ1n) is 6.52. The van der Waals surface area contributed by atoms with Crippen molar-refractivity contribution in [1.29, 1.82) is 0 Å². The quantitative estimate of drug-likeness (QED) is 0.734. The van der Waals surface area contributed by atoms with Crippen molar-refractivity contribution in [3.8, 4) is 0 Å². The van der Waals surface area contributed by atoms with E-state index in [4.69, 9.17) is 10.5 Å². The molecular weight excluding hydrogens is 228 g/mol. The lowest BCUT2D eigenvalue weighted by atomic mass is 10.3. The molecule has 0 radical (unpaired) electrons. The van der Waals surface area contributed by atoms with Crippen molar-refractivity contribution in [1.82, 2.24) is 9.97 Å². The summed E-state index contributed by atoms with van der Waals surface area (Å²) in [6, 6.07) is 0. The van der Waals surface area contributed by atoms with E-state index in [-0.39, 0.29) is 0 Å². The Morgan fingerprint density at radius 2 is 2.28 bits per heavy atom. The molecule has 0 saturated heterocycles. The maximum absolute atomic E-state index is 5.70. The fraction of sp³-hybridized carbons (Fsp3) is 0.692. The molecule has 0 bridgehead atoms. The van der Waals surface area contributed by atoms with Crippen molar-refractivity contribution in [2.24, 2.45) is 11.7 Å². The van der Waals surface area contributed by atoms with Crippen LogP contribution in [0.3, 0.4) is 0 Å². The second kappa shape index (κ2) is 6.11. The molecule has 100 valence electrons. The predicted molar refractivity (Wildman–Crippen MR) is 71.5 cm³/mol. The first-order chi connectivity index (χ1) is 8.70. The first kappa shape index (κ1) is 13.2. The second-order valence-electron chi connectivity index (χ2n) is 4.91. The van der Waals surface area contributed by atoms with Crippen LogP contribution in [0.5, 0.6) is 0 Å². The number of nitrogens with two attached hydrogens (primary N) is 1. The highest BCUT2D eigenvalue weighted by molar-refractivity contribution is 5.45. The minimum Gasteiger partial charge on any atom is -0.379 e. The van der Waals surface area contributed by atoms with Crippen molar-refractivity contribution in [3.63, 3.8) is 0 Å². The summed E-state index contributed by atoms with van der Waals surface area (Å²) in [6.07, 6.45) is 4.47. The monoisotopic (exact) mass is 250 g/mol. The van der Waals surface area contributed by atoms with Gasteiger partial charge in [0.15, 0.2) is 0 Å². The molecule has 0 aromatic carbocycles. The molecule has 5 heteroatoms. The average Bonchev–Trinajstić information content (AvgIpc) is 3.18. The largest absolute Gasteiger partial charge is 0.379 e. The van der Waals surface area contributed by atoms with Gasteiger partial charge in [0.25, 0.3) is 0 Å². The van der Waals surface area contributed by atoms with Crippen molar-refractivity contribution in [3.05, 3.63) is 17.6 Å². The molecule has 0 atom stereocenters. The number of hydrogen-bond donors (Lipinski definition) is 1. The van der Waals surface area contributed by atoms with Crippen molar-refractivity contribution in [2.75, 3.05) is 31.7 Å². The van der Waals surface area contributed by atoms with Crippen LogP contribution in [-0.4, -0.2) is 36.8 Å². The summed E-state index contributed by atoms with van der Waals surface area (Å²) in [4.78, 5) is 10.7. The number of anilines is 1. The van der Waals surface area contributed by atoms with E-state index in [9.17, 15) is 0 Å². The highest BCUT2D eigenvalue weighted by Crippen LogP contribution is 2.28. The predicted octanol–water partition coefficient (Wildman–Crippen LogP) is 1.11. The van der Waals surface area contributed by atoms with Crippen LogP contribution in [0.25, 0.3) is 0 Å². The van der Waals surface area contributed by atoms with E-state index in [1.807, 2.05) is 14.0 Å². The Morgan fingerprint density at radius 3 is 2.94 bits per heavy atom. The van der Waals surface area contributed by atoms with Crippen LogP contribution in [0.1, 0.15) is 24.2 Å². The lowest BCUT2D eigenvalue weighted by molar-refractivity contribution is 0.130. The van der Waals surface area contributed by atoms with E-state index >= 15 is 0 Å². The summed E-state index contributed by atoms with van der Waals surface area (Å²) < 4.78 is 5.64. The average molecular weight is 250 g/mol. The summed E-state index contributed by atoms with van der Waals surface area (Å²) in [5, 5.41) is 0. The third kappa shape index (κ3) is 3.65. The van der Waals surface area contributed by atoms with E-state index < -0.39 is 0 Å². The highest BCUT2D eigenvalue weighted by Gasteiger charge is 2.21. The van der Waals surface area contributed by atoms with Gasteiger partial charge in [0.05, 0.1) is 6.61 Å². The van der Waals surface area contributed by atoms with Crippen LogP contribution in [0, 0.1) is 12.8 Å². The molecule has 1 heterocycles. The summed E-state index contributed by atoms with van der Waals surface area (Å²) >= 11 is 0. The zero-order chi connectivity index (χ0) is 13.0. The fourth-order valence-electron chi connectivity index (χ4n) is 1.80. The van der Waals surface area contributed by atoms with Gasteiger partial charge in [-0.05, 0) is 25.7 Å². The van der Waals surface area contributed by atoms with Crippen LogP contribution in [0.4, 0.5) is 5.82 Å². The van der Waals surface area contributed by atoms with Gasteiger partial charge in [0.2, 0.25) is 0 Å². The molecule has 1 aliphatic rings. The van der Waals surface area contributed by atoms with Gasteiger partial charge in [-0.25, -0.2) is 9.97 Å². The number of aryl methyl sites for hydroxylation is 1. The molecule has 1 aromatic rings. The van der Waals surface area contributed by atoms with Gasteiger partial charge in [0, 0.05) is 38.5 Å². The summed E-state index contributed by atoms with van der Waals surface area (Å²) in [6.45, 7) is 4.82. The van der Waals surface area contributed by atoms with Crippen LogP contribution in [-0.2, 0) is 11.3 Å². The molecular formula is C13H22N4O. The van der Waals surface area contributed by atoms with Crippen molar-refractivity contribution < 1.29 is 4.74 Å². The van der Waals surface area contributed by atoms with Gasteiger partial charge in [-0.2, -0.15) is 0 Å². The van der Waals surface area contributed by atoms with E-state index in [1.54, 1.807) is 6.20 Å². The fourth-order valence-corrected chi connectivity index (χ4v) is 1.80. The summed E-state index contributed by atoms with van der Waals surface area (Å²) in [5.74, 6) is 2.50. The zero-order valence-corrected chi connectivity index (χ0v) is 11.2. The Bertz CT molecular complexity index is 393. The molecule has 18 heavy (non-hydrogen) atoms. The van der Waals surface area contributed by atoms with Gasteiger partial charge in [-0.3, -0.25) is 0 Å². The summed E-state index contributed by atoms with van der Waals surface area (Å²) in [7, 11) is 2.02. The minimum atomic E-state index is 0.461. The number of nitrogens with zero attached hydrogens (tertiary/aromatic N) is 3. The lowest BCUT2D eigenvalue weighted by Crippen LogP contribution is -2.26. The van der Waals surface area contributed by atoms with E-state index in [2.05, 4.69) is 14.9 Å². The van der Waals surface area contributed by atoms with Crippen molar-refractivity contribution in [2.45, 2.75) is 26.3 Å². The molecule has 1 saturated carbocycles. The topological polar surface area (TPSA) is 64.3 Å². The van der Waals surface area contributed by atoms with Gasteiger partial charge >= 0.3 is 0 Å². The molecule has 0 amide bonds. The van der Waals surface area contributed by atoms with Gasteiger partial charge in [-0.1, -0.05) is 0 Å². The molecule has 0 aliphatic heterocycles. The number of ether oxygens (including phenoxy) is 1. The van der Waals surface area contributed by atoms with Gasteiger partial charge in [0.1, 0.15) is 11.6 Å². The minimum absolute atomic E-state index is 0.461. The molecule has 1 aromatic heterocycles. The Balaban J connectivity index is 1.85. The number of likely N-dealkylation sites (N-methyl/N-ethyl adjacent to an activating group) is 1. The van der Waals surface area contributed by atoms with E-state index in [0.29, 0.717) is 6.54 Å². The first-order valence-corrected chi connectivity index (χ1v) is 6.52. The van der Waals surface area contributed by atoms with Gasteiger partial charge in [-0.15, -0.1) is 0 Å². The van der Waals surface area contributed by atoms with E-state index in [0.717, 1.165) is 42.9 Å². The van der Waals surface area contributed by atoms with Crippen LogP contribution in [0.2, 0.25) is 0 Å². The van der Waals surface area contributed by atoms with Crippen LogP contribution in [0.15, 0.2) is 6.20 Å². The van der Waals surface area contributed by atoms with Gasteiger partial charge < -0.3 is 15.4 Å². The Labute approximate surface area is 108 Å². The maximum Gasteiger partial charge on any atom is 0.136 e. The smallest absolute Gasteiger partial charge is 0.136 e. The molecule has 0 spiro atoms. The Hall–Kier alpha value is -1.20. The normalized spacial score (nSPS) is 14.8. The number of hydrogen-bond acceptors (Lipinski definition) is 5. The molecule has 2 N–H and O–H groups in total. The maximum atomic E-state index is 5.70. The molecule has 2 rings (SSSR count). The number of aromatic nitrogens is 2. The second-order valence-corrected chi connectivity index (χ2v) is 4.91. The third-order valence-corrected chi connectivity index (χ3v) is 3.17. The Kier molecular flexibility index (Phi) is 4.49. The molecule has 5 nitrogen and oxygen atoms in total. The zero-order valence-electron chi connectivity index (χ0n) is 11.2. The highest BCUT2D eigenvalue weighted by atomic mass is 16.5. The molecule has 0 unspecified atom stereocenters. The van der Waals surface area contributed by atoms with Crippen LogP contribution < -0.4 is 10.6 Å². The summed E-state index contributed by atoms with van der Waals surface area (Å²) in [5.41, 5.74) is 6.68. The Morgan fingerprint density at radius 1 is 1.50 bits per heavy atom.